The molecule has 8 amide bonds. The van der Waals surface area contributed by atoms with Crippen molar-refractivity contribution < 1.29 is 43.2 Å². The van der Waals surface area contributed by atoms with Gasteiger partial charge < -0.3 is 38.1 Å². The van der Waals surface area contributed by atoms with Crippen molar-refractivity contribution in [3.8, 4) is 0 Å². The number of thioether (sulfide) groups is 1. The molecule has 0 aliphatic carbocycles. The molecule has 9 N–H and O–H groups in total. The maximum Gasteiger partial charge on any atom is 0.243 e. The fraction of sp³-hybridized carbons (Fsp3) is 0.727. The smallest absolute Gasteiger partial charge is 0.243 e. The third-order valence-electron chi connectivity index (χ3n) is 8.33. The Morgan fingerprint density at radius 3 is 2.22 bits per heavy atom. The van der Waals surface area contributed by atoms with Crippen molar-refractivity contribution in [1.29, 1.82) is 0 Å². The number of carbonyl (C=O) groups is 9. The molecule has 18 heteroatoms. The monoisotopic (exact) mass is 740 g/mol. The predicted molar refractivity (Wildman–Crippen MR) is 190 cm³/mol. The first-order chi connectivity index (χ1) is 24.3. The first-order valence-electron chi connectivity index (χ1n) is 17.6. The first kappa shape index (κ1) is 45.0. The average molecular weight is 741 g/mol. The van der Waals surface area contributed by atoms with Crippen LogP contribution in [-0.2, 0) is 43.2 Å². The van der Waals surface area contributed by atoms with Crippen LogP contribution in [0, 0.1) is 5.92 Å². The van der Waals surface area contributed by atoms with Crippen molar-refractivity contribution in [2.45, 2.75) is 121 Å². The van der Waals surface area contributed by atoms with E-state index in [1.165, 1.54) is 0 Å². The maximum atomic E-state index is 13.1. The number of rotatable bonds is 28. The van der Waals surface area contributed by atoms with Gasteiger partial charge in [-0.1, -0.05) is 40.0 Å². The molecule has 0 saturated carbocycles. The van der Waals surface area contributed by atoms with Gasteiger partial charge in [-0.25, -0.2) is 0 Å². The summed E-state index contributed by atoms with van der Waals surface area (Å²) in [5.74, 6) is -4.01. The van der Waals surface area contributed by atoms with Gasteiger partial charge in [0.2, 0.25) is 47.8 Å². The summed E-state index contributed by atoms with van der Waals surface area (Å²) < 4.78 is 0. The molecule has 1 aliphatic heterocycles. The first-order valence-corrected chi connectivity index (χ1v) is 18.7. The lowest BCUT2D eigenvalue weighted by molar-refractivity contribution is -0.139. The molecule has 0 spiro atoms. The molecule has 0 radical (unpaired) electrons. The third-order valence-corrected chi connectivity index (χ3v) is 9.63. The Kier molecular flexibility index (Phi) is 22.0. The molecule has 1 heterocycles. The zero-order valence-corrected chi connectivity index (χ0v) is 30.8. The lowest BCUT2D eigenvalue weighted by Gasteiger charge is -2.22. The molecular formula is C33H56N8O9S. The molecule has 1 fully saturated rings. The molecule has 5 atom stereocenters. The number of nitrogens with two attached hydrogens (primary N) is 2. The molecule has 1 rings (SSSR count). The van der Waals surface area contributed by atoms with Crippen molar-refractivity contribution in [2.75, 3.05) is 25.4 Å². The lowest BCUT2D eigenvalue weighted by atomic mass is 10.0. The van der Waals surface area contributed by atoms with Crippen LogP contribution in [0.5, 0.6) is 0 Å². The number of ketones is 1. The van der Waals surface area contributed by atoms with Gasteiger partial charge in [-0.2, -0.15) is 0 Å². The van der Waals surface area contributed by atoms with Crippen LogP contribution in [0.15, 0.2) is 0 Å². The number of likely N-dealkylation sites (tertiary alicyclic amines) is 1. The second kappa shape index (κ2) is 25.0. The van der Waals surface area contributed by atoms with Crippen LogP contribution in [0.1, 0.15) is 97.8 Å². The van der Waals surface area contributed by atoms with Gasteiger partial charge in [-0.05, 0) is 32.2 Å². The number of hydrogen-bond donors (Lipinski definition) is 7. The highest BCUT2D eigenvalue weighted by Crippen LogP contribution is 2.26. The minimum atomic E-state index is -1.20. The standard InChI is InChI=1S/C33H56N8O9S/c1-4-22(43)12-7-6-8-13-23(38-27(44)5-2)32(49)39-24(30(35)47)19-51-25-17-29(46)41(33(25)50)16-14-28(45)36-18-26(37-20-42)40-31(48)21(3)11-9-10-15-34/h20-21,23-26H,4-19,34H2,1-3H3,(H2,35,47)(H,36,45)(H,37,42)(H,38,44)(H,39,49)(H,40,48). The van der Waals surface area contributed by atoms with Crippen LogP contribution in [0.2, 0.25) is 0 Å². The highest BCUT2D eigenvalue weighted by molar-refractivity contribution is 8.00. The van der Waals surface area contributed by atoms with E-state index in [2.05, 4.69) is 26.6 Å². The quantitative estimate of drug-likeness (QED) is 0.0224. The van der Waals surface area contributed by atoms with E-state index in [1.807, 2.05) is 0 Å². The van der Waals surface area contributed by atoms with Gasteiger partial charge in [0.1, 0.15) is 24.0 Å². The molecule has 0 aromatic carbocycles. The van der Waals surface area contributed by atoms with E-state index in [4.69, 9.17) is 11.5 Å². The lowest BCUT2D eigenvalue weighted by Crippen LogP contribution is -2.54. The Labute approximate surface area is 303 Å². The average Bonchev–Trinajstić information content (AvgIpc) is 3.37. The normalized spacial score (nSPS) is 16.4. The van der Waals surface area contributed by atoms with E-state index in [0.717, 1.165) is 29.5 Å². The summed E-state index contributed by atoms with van der Waals surface area (Å²) >= 11 is 0.970. The Balaban J connectivity index is 2.66. The molecule has 1 aliphatic rings. The number of primary amides is 1. The molecule has 0 bridgehead atoms. The van der Waals surface area contributed by atoms with Crippen LogP contribution < -0.4 is 38.1 Å². The van der Waals surface area contributed by atoms with E-state index in [-0.39, 0.29) is 68.0 Å². The summed E-state index contributed by atoms with van der Waals surface area (Å²) in [5.41, 5.74) is 11.0. The number of imide groups is 1. The van der Waals surface area contributed by atoms with Gasteiger partial charge in [-0.15, -0.1) is 11.8 Å². The molecule has 0 aromatic rings. The van der Waals surface area contributed by atoms with Crippen LogP contribution >= 0.6 is 11.8 Å². The summed E-state index contributed by atoms with van der Waals surface area (Å²) in [6.45, 7) is 5.37. The molecule has 1 saturated heterocycles. The van der Waals surface area contributed by atoms with Gasteiger partial charge in [0.25, 0.3) is 0 Å². The second-order valence-corrected chi connectivity index (χ2v) is 13.7. The number of Topliss-reactive ketones (excluding diaryl/α,β-unsaturated/α-hetero) is 1. The number of nitrogens with zero attached hydrogens (tertiary/aromatic N) is 1. The number of hydrogen-bond acceptors (Lipinski definition) is 11. The summed E-state index contributed by atoms with van der Waals surface area (Å²) in [5, 5.41) is 12.0. The maximum absolute atomic E-state index is 13.1. The van der Waals surface area contributed by atoms with E-state index < -0.39 is 53.0 Å². The van der Waals surface area contributed by atoms with Crippen molar-refractivity contribution in [1.82, 2.24) is 31.5 Å². The molecule has 0 aromatic heterocycles. The van der Waals surface area contributed by atoms with Gasteiger partial charge in [0, 0.05) is 50.3 Å². The Hall–Kier alpha value is -4.06. The summed E-state index contributed by atoms with van der Waals surface area (Å²) in [6, 6.07) is -2.13. The zero-order chi connectivity index (χ0) is 38.3. The number of nitrogens with one attached hydrogen (secondary N) is 5. The Bertz CT molecular complexity index is 1220. The Morgan fingerprint density at radius 2 is 1.59 bits per heavy atom. The number of amides is 8. The van der Waals surface area contributed by atoms with Crippen LogP contribution in [-0.4, -0.2) is 107 Å². The van der Waals surface area contributed by atoms with Crippen LogP contribution in [0.3, 0.4) is 0 Å². The van der Waals surface area contributed by atoms with Crippen LogP contribution in [0.4, 0.5) is 0 Å². The zero-order valence-electron chi connectivity index (χ0n) is 30.0. The van der Waals surface area contributed by atoms with Crippen LogP contribution in [0.25, 0.3) is 0 Å². The molecular weight excluding hydrogens is 684 g/mol. The minimum Gasteiger partial charge on any atom is -0.368 e. The highest BCUT2D eigenvalue weighted by atomic mass is 32.2. The number of carbonyl (C=O) groups excluding carboxylic acids is 9. The van der Waals surface area contributed by atoms with E-state index in [1.54, 1.807) is 20.8 Å². The van der Waals surface area contributed by atoms with E-state index in [0.29, 0.717) is 51.5 Å². The molecule has 5 unspecified atom stereocenters. The SMILES string of the molecule is CCC(=O)CCCCCC(NC(=O)CC)C(=O)NC(CSC1CC(=O)N(CCC(=O)NCC(NC=O)NC(=O)C(C)CCCCN)C1=O)C(N)=O. The van der Waals surface area contributed by atoms with Gasteiger partial charge in [0.05, 0.1) is 11.8 Å². The number of unbranched alkanes of at least 4 members (excludes halogenated alkanes) is 3. The van der Waals surface area contributed by atoms with E-state index >= 15 is 0 Å². The van der Waals surface area contributed by atoms with Crippen molar-refractivity contribution in [3.05, 3.63) is 0 Å². The van der Waals surface area contributed by atoms with Gasteiger partial charge in [-0.3, -0.25) is 48.1 Å². The predicted octanol–water partition coefficient (Wildman–Crippen LogP) is -0.899. The molecule has 51 heavy (non-hydrogen) atoms. The molecule has 17 nitrogen and oxygen atoms in total. The second-order valence-electron chi connectivity index (χ2n) is 12.4. The fourth-order valence-electron chi connectivity index (χ4n) is 5.08. The third kappa shape index (κ3) is 17.6. The van der Waals surface area contributed by atoms with E-state index in [9.17, 15) is 43.2 Å². The fourth-order valence-corrected chi connectivity index (χ4v) is 6.28. The summed E-state index contributed by atoms with van der Waals surface area (Å²) in [4.78, 5) is 112. The Morgan fingerprint density at radius 1 is 0.882 bits per heavy atom. The van der Waals surface area contributed by atoms with Crippen molar-refractivity contribution in [3.63, 3.8) is 0 Å². The highest BCUT2D eigenvalue weighted by Gasteiger charge is 2.39. The minimum absolute atomic E-state index is 0.116. The van der Waals surface area contributed by atoms with Gasteiger partial charge >= 0.3 is 0 Å². The largest absolute Gasteiger partial charge is 0.368 e. The summed E-state index contributed by atoms with van der Waals surface area (Å²) in [7, 11) is 0. The van der Waals surface area contributed by atoms with Crippen molar-refractivity contribution in [2.24, 2.45) is 17.4 Å². The van der Waals surface area contributed by atoms with Gasteiger partial charge in [0.15, 0.2) is 0 Å². The topological polar surface area (TPSA) is 269 Å². The van der Waals surface area contributed by atoms with Crippen molar-refractivity contribution >= 4 is 65.3 Å². The summed E-state index contributed by atoms with van der Waals surface area (Å²) in [6.07, 6.45) is 4.52. The molecule has 288 valence electrons.